The van der Waals surface area contributed by atoms with Crippen molar-refractivity contribution >= 4 is 11.0 Å². The summed E-state index contributed by atoms with van der Waals surface area (Å²) in [7, 11) is 2.09. The van der Waals surface area contributed by atoms with Crippen molar-refractivity contribution in [3.05, 3.63) is 29.6 Å². The van der Waals surface area contributed by atoms with Crippen molar-refractivity contribution in [1.29, 1.82) is 0 Å². The molecule has 0 saturated carbocycles. The molecule has 0 saturated heterocycles. The predicted octanol–water partition coefficient (Wildman–Crippen LogP) is 2.63. The first-order chi connectivity index (χ1) is 8.09. The van der Waals surface area contributed by atoms with Gasteiger partial charge in [0.05, 0.1) is 17.6 Å². The van der Waals surface area contributed by atoms with E-state index in [-0.39, 0.29) is 0 Å². The first kappa shape index (κ1) is 12.1. The highest BCUT2D eigenvalue weighted by molar-refractivity contribution is 5.79. The van der Waals surface area contributed by atoms with Crippen LogP contribution in [0.1, 0.15) is 25.2 Å². The zero-order valence-corrected chi connectivity index (χ0v) is 11.1. The first-order valence-electron chi connectivity index (χ1n) is 6.21. The number of hydrogen-bond donors (Lipinski definition) is 1. The number of rotatable bonds is 4. The second-order valence-electron chi connectivity index (χ2n) is 5.05. The van der Waals surface area contributed by atoms with Crippen LogP contribution in [0.25, 0.3) is 11.0 Å². The summed E-state index contributed by atoms with van der Waals surface area (Å²) in [6.45, 7) is 8.43. The van der Waals surface area contributed by atoms with E-state index in [0.29, 0.717) is 5.92 Å². The van der Waals surface area contributed by atoms with E-state index in [1.54, 1.807) is 0 Å². The average molecular weight is 231 g/mol. The number of nitrogens with one attached hydrogen (secondary N) is 1. The minimum Gasteiger partial charge on any atom is -0.330 e. The SMILES string of the molecule is Cc1cccc2nc(CNCC(C)C)n(C)c12. The number of fused-ring (bicyclic) bond motifs is 1. The van der Waals surface area contributed by atoms with Crippen LogP contribution in [0, 0.1) is 12.8 Å². The van der Waals surface area contributed by atoms with Crippen LogP contribution in [0.4, 0.5) is 0 Å². The molecule has 0 amide bonds. The Morgan fingerprint density at radius 3 is 2.76 bits per heavy atom. The van der Waals surface area contributed by atoms with E-state index in [9.17, 15) is 0 Å². The van der Waals surface area contributed by atoms with Crippen LogP contribution in [-0.4, -0.2) is 16.1 Å². The van der Waals surface area contributed by atoms with E-state index in [1.807, 2.05) is 0 Å². The number of para-hydroxylation sites is 1. The molecule has 1 heterocycles. The molecule has 1 aromatic carbocycles. The number of imidazole rings is 1. The number of benzene rings is 1. The lowest BCUT2D eigenvalue weighted by molar-refractivity contribution is 0.538. The van der Waals surface area contributed by atoms with Crippen LogP contribution in [0.3, 0.4) is 0 Å². The van der Waals surface area contributed by atoms with E-state index in [0.717, 1.165) is 24.4 Å². The summed E-state index contributed by atoms with van der Waals surface area (Å²) in [6, 6.07) is 6.28. The highest BCUT2D eigenvalue weighted by atomic mass is 15.1. The third-order valence-corrected chi connectivity index (χ3v) is 3.02. The van der Waals surface area contributed by atoms with Gasteiger partial charge in [0.15, 0.2) is 0 Å². The number of aryl methyl sites for hydroxylation is 2. The molecule has 1 N–H and O–H groups in total. The standard InChI is InChI=1S/C14H21N3/c1-10(2)8-15-9-13-16-12-7-5-6-11(3)14(12)17(13)4/h5-7,10,15H,8-9H2,1-4H3. The number of hydrogen-bond acceptors (Lipinski definition) is 2. The largest absolute Gasteiger partial charge is 0.330 e. The van der Waals surface area contributed by atoms with Crippen molar-refractivity contribution in [2.75, 3.05) is 6.54 Å². The van der Waals surface area contributed by atoms with Crippen molar-refractivity contribution in [2.45, 2.75) is 27.3 Å². The summed E-state index contributed by atoms with van der Waals surface area (Å²) in [6.07, 6.45) is 0. The summed E-state index contributed by atoms with van der Waals surface area (Å²) < 4.78 is 2.19. The van der Waals surface area contributed by atoms with Crippen LogP contribution in [0.5, 0.6) is 0 Å². The zero-order valence-electron chi connectivity index (χ0n) is 11.1. The molecule has 2 rings (SSSR count). The highest BCUT2D eigenvalue weighted by Gasteiger charge is 2.08. The van der Waals surface area contributed by atoms with Gasteiger partial charge in [-0.3, -0.25) is 0 Å². The Morgan fingerprint density at radius 2 is 2.12 bits per heavy atom. The molecule has 1 aromatic heterocycles. The van der Waals surface area contributed by atoms with Crippen LogP contribution in [0.15, 0.2) is 18.2 Å². The molecule has 0 aliphatic carbocycles. The van der Waals surface area contributed by atoms with Crippen molar-refractivity contribution in [3.8, 4) is 0 Å². The molecule has 3 heteroatoms. The topological polar surface area (TPSA) is 29.9 Å². The molecule has 92 valence electrons. The van der Waals surface area contributed by atoms with Crippen LogP contribution in [-0.2, 0) is 13.6 Å². The fourth-order valence-electron chi connectivity index (χ4n) is 2.14. The summed E-state index contributed by atoms with van der Waals surface area (Å²) >= 11 is 0. The zero-order chi connectivity index (χ0) is 12.4. The van der Waals surface area contributed by atoms with E-state index >= 15 is 0 Å². The van der Waals surface area contributed by atoms with Crippen molar-refractivity contribution in [2.24, 2.45) is 13.0 Å². The monoisotopic (exact) mass is 231 g/mol. The van der Waals surface area contributed by atoms with Gasteiger partial charge in [-0.15, -0.1) is 0 Å². The predicted molar refractivity (Wildman–Crippen MR) is 72.0 cm³/mol. The summed E-state index contributed by atoms with van der Waals surface area (Å²) in [5, 5.41) is 3.44. The lowest BCUT2D eigenvalue weighted by Crippen LogP contribution is -2.20. The molecule has 0 bridgehead atoms. The molecule has 0 aliphatic rings. The Kier molecular flexibility index (Phi) is 3.48. The summed E-state index contributed by atoms with van der Waals surface area (Å²) in [5.74, 6) is 1.78. The maximum absolute atomic E-state index is 4.67. The lowest BCUT2D eigenvalue weighted by Gasteiger charge is -2.07. The minimum atomic E-state index is 0.673. The van der Waals surface area contributed by atoms with E-state index in [2.05, 4.69) is 60.9 Å². The second kappa shape index (κ2) is 4.88. The quantitative estimate of drug-likeness (QED) is 0.876. The molecule has 3 nitrogen and oxygen atoms in total. The highest BCUT2D eigenvalue weighted by Crippen LogP contribution is 2.18. The number of aromatic nitrogens is 2. The summed E-state index contributed by atoms with van der Waals surface area (Å²) in [5.41, 5.74) is 3.62. The van der Waals surface area contributed by atoms with Crippen LogP contribution < -0.4 is 5.32 Å². The van der Waals surface area contributed by atoms with Crippen molar-refractivity contribution < 1.29 is 0 Å². The van der Waals surface area contributed by atoms with Gasteiger partial charge in [0.1, 0.15) is 5.82 Å². The van der Waals surface area contributed by atoms with E-state index in [4.69, 9.17) is 0 Å². The molecule has 0 spiro atoms. The van der Waals surface area contributed by atoms with Crippen molar-refractivity contribution in [1.82, 2.24) is 14.9 Å². The third kappa shape index (κ3) is 2.50. The van der Waals surface area contributed by atoms with Gasteiger partial charge < -0.3 is 9.88 Å². The molecule has 0 aliphatic heterocycles. The first-order valence-corrected chi connectivity index (χ1v) is 6.21. The van der Waals surface area contributed by atoms with Gasteiger partial charge in [-0.1, -0.05) is 26.0 Å². The maximum Gasteiger partial charge on any atom is 0.123 e. The van der Waals surface area contributed by atoms with Crippen LogP contribution in [0.2, 0.25) is 0 Å². The molecule has 17 heavy (non-hydrogen) atoms. The smallest absolute Gasteiger partial charge is 0.123 e. The number of nitrogens with zero attached hydrogens (tertiary/aromatic N) is 2. The van der Waals surface area contributed by atoms with E-state index < -0.39 is 0 Å². The Hall–Kier alpha value is -1.35. The third-order valence-electron chi connectivity index (χ3n) is 3.02. The molecular weight excluding hydrogens is 210 g/mol. The summed E-state index contributed by atoms with van der Waals surface area (Å²) in [4.78, 5) is 4.67. The molecule has 0 unspecified atom stereocenters. The van der Waals surface area contributed by atoms with Crippen LogP contribution >= 0.6 is 0 Å². The molecular formula is C14H21N3. The van der Waals surface area contributed by atoms with Gasteiger partial charge in [0, 0.05) is 7.05 Å². The molecule has 0 radical (unpaired) electrons. The van der Waals surface area contributed by atoms with Gasteiger partial charge in [0.2, 0.25) is 0 Å². The molecule has 0 atom stereocenters. The fraction of sp³-hybridized carbons (Fsp3) is 0.500. The molecule has 0 fully saturated rings. The maximum atomic E-state index is 4.67. The Morgan fingerprint density at radius 1 is 1.35 bits per heavy atom. The minimum absolute atomic E-state index is 0.673. The fourth-order valence-corrected chi connectivity index (χ4v) is 2.14. The van der Waals surface area contributed by atoms with Gasteiger partial charge in [-0.25, -0.2) is 4.98 Å². The Bertz CT molecular complexity index is 511. The lowest BCUT2D eigenvalue weighted by atomic mass is 10.2. The van der Waals surface area contributed by atoms with Gasteiger partial charge in [-0.05, 0) is 31.0 Å². The normalized spacial score (nSPS) is 11.6. The van der Waals surface area contributed by atoms with E-state index in [1.165, 1.54) is 11.1 Å². The average Bonchev–Trinajstić information content (AvgIpc) is 2.57. The van der Waals surface area contributed by atoms with Gasteiger partial charge >= 0.3 is 0 Å². The molecule has 2 aromatic rings. The Labute approximate surface area is 103 Å². The Balaban J connectivity index is 2.24. The van der Waals surface area contributed by atoms with Crippen molar-refractivity contribution in [3.63, 3.8) is 0 Å². The van der Waals surface area contributed by atoms with Gasteiger partial charge in [0.25, 0.3) is 0 Å². The van der Waals surface area contributed by atoms with Gasteiger partial charge in [-0.2, -0.15) is 0 Å². The second-order valence-corrected chi connectivity index (χ2v) is 5.05.